The fraction of sp³-hybridized carbons (Fsp3) is 0.222. The average molecular weight is 406 g/mol. The van der Waals surface area contributed by atoms with E-state index in [9.17, 15) is 13.2 Å². The van der Waals surface area contributed by atoms with Crippen molar-refractivity contribution in [2.45, 2.75) is 17.6 Å². The molecular weight excluding hydrogens is 386 g/mol. The van der Waals surface area contributed by atoms with Crippen LogP contribution in [-0.2, 0) is 21.2 Å². The van der Waals surface area contributed by atoms with Crippen molar-refractivity contribution in [3.05, 3.63) is 53.4 Å². The normalized spacial score (nSPS) is 11.7. The number of carbonyl (C=O) groups is 1. The van der Waals surface area contributed by atoms with Crippen molar-refractivity contribution >= 4 is 33.2 Å². The lowest BCUT2D eigenvalue weighted by Gasteiger charge is -2.14. The number of anilines is 1. The Morgan fingerprint density at radius 1 is 1.26 bits per heavy atom. The highest BCUT2D eigenvalue weighted by molar-refractivity contribution is 7.91. The molecule has 27 heavy (non-hydrogen) atoms. The van der Waals surface area contributed by atoms with Crippen LogP contribution in [0, 0.1) is 0 Å². The summed E-state index contributed by atoms with van der Waals surface area (Å²) in [7, 11) is -2.33. The number of carbonyl (C=O) groups excluding carboxylic acids is 1. The number of rotatable bonds is 7. The minimum atomic E-state index is -3.68. The van der Waals surface area contributed by atoms with Crippen LogP contribution >= 0.6 is 11.3 Å². The minimum absolute atomic E-state index is 0.163. The van der Waals surface area contributed by atoms with Gasteiger partial charge in [0.25, 0.3) is 10.0 Å². The van der Waals surface area contributed by atoms with Gasteiger partial charge in [0.15, 0.2) is 0 Å². The summed E-state index contributed by atoms with van der Waals surface area (Å²) in [5.41, 5.74) is 2.67. The summed E-state index contributed by atoms with van der Waals surface area (Å²) in [5, 5.41) is 8.15. The number of hydrogen-bond acceptors (Lipinski definition) is 6. The summed E-state index contributed by atoms with van der Waals surface area (Å²) in [6.07, 6.45) is 0.947. The van der Waals surface area contributed by atoms with Crippen molar-refractivity contribution in [1.29, 1.82) is 0 Å². The second-order valence-electron chi connectivity index (χ2n) is 5.87. The van der Waals surface area contributed by atoms with E-state index >= 15 is 0 Å². The molecule has 142 valence electrons. The zero-order valence-corrected chi connectivity index (χ0v) is 16.5. The van der Waals surface area contributed by atoms with Gasteiger partial charge in [-0.2, -0.15) is 4.31 Å². The molecule has 1 aromatic carbocycles. The Labute approximate surface area is 161 Å². The van der Waals surface area contributed by atoms with Crippen molar-refractivity contribution in [2.24, 2.45) is 0 Å². The second-order valence-corrected chi connectivity index (χ2v) is 9.09. The first-order valence-electron chi connectivity index (χ1n) is 8.26. The van der Waals surface area contributed by atoms with Gasteiger partial charge in [-0.3, -0.25) is 10.1 Å². The van der Waals surface area contributed by atoms with Crippen LogP contribution in [0.25, 0.3) is 11.3 Å². The number of hydrogen-bond donors (Lipinski definition) is 1. The SMILES string of the molecule is CCc1ccc(-c2cc(NC(=O)CN(C)S(=O)(=O)c3cccs3)on2)cc1. The van der Waals surface area contributed by atoms with Gasteiger partial charge in [-0.15, -0.1) is 11.3 Å². The lowest BCUT2D eigenvalue weighted by molar-refractivity contribution is -0.116. The molecule has 0 aliphatic rings. The molecule has 2 heterocycles. The van der Waals surface area contributed by atoms with E-state index in [0.29, 0.717) is 5.69 Å². The Hall–Kier alpha value is -2.49. The summed E-state index contributed by atoms with van der Waals surface area (Å²) >= 11 is 1.10. The molecule has 0 saturated heterocycles. The van der Waals surface area contributed by atoms with Crippen molar-refractivity contribution < 1.29 is 17.7 Å². The number of likely N-dealkylation sites (N-methyl/N-ethyl adjacent to an activating group) is 1. The molecule has 0 fully saturated rings. The standard InChI is InChI=1S/C18H19N3O4S2/c1-3-13-6-8-14(9-7-13)15-11-17(25-20-15)19-16(22)12-21(2)27(23,24)18-5-4-10-26-18/h4-11H,3,12H2,1-2H3,(H,19,22). The molecule has 0 bridgehead atoms. The average Bonchev–Trinajstić information content (AvgIpc) is 3.34. The van der Waals surface area contributed by atoms with Gasteiger partial charge in [0.2, 0.25) is 11.8 Å². The van der Waals surface area contributed by atoms with Gasteiger partial charge in [0.05, 0.1) is 6.54 Å². The highest BCUT2D eigenvalue weighted by Gasteiger charge is 2.24. The zero-order chi connectivity index (χ0) is 19.4. The predicted molar refractivity (Wildman–Crippen MR) is 104 cm³/mol. The van der Waals surface area contributed by atoms with Crippen molar-refractivity contribution in [2.75, 3.05) is 18.9 Å². The van der Waals surface area contributed by atoms with Gasteiger partial charge in [-0.25, -0.2) is 8.42 Å². The molecule has 7 nitrogen and oxygen atoms in total. The van der Waals surface area contributed by atoms with E-state index in [1.807, 2.05) is 24.3 Å². The highest BCUT2D eigenvalue weighted by Crippen LogP contribution is 2.23. The van der Waals surface area contributed by atoms with Crippen LogP contribution in [0.2, 0.25) is 0 Å². The quantitative estimate of drug-likeness (QED) is 0.651. The van der Waals surface area contributed by atoms with Crippen molar-refractivity contribution in [3.8, 4) is 11.3 Å². The minimum Gasteiger partial charge on any atom is -0.338 e. The molecule has 2 aromatic heterocycles. The fourth-order valence-electron chi connectivity index (χ4n) is 2.41. The largest absolute Gasteiger partial charge is 0.338 e. The molecule has 0 spiro atoms. The summed E-state index contributed by atoms with van der Waals surface area (Å²) in [4.78, 5) is 12.2. The molecule has 0 aliphatic carbocycles. The maximum atomic E-state index is 12.3. The van der Waals surface area contributed by atoms with Crippen LogP contribution in [0.3, 0.4) is 0 Å². The van der Waals surface area contributed by atoms with Crippen LogP contribution in [0.5, 0.6) is 0 Å². The molecule has 0 saturated carbocycles. The number of amides is 1. The topological polar surface area (TPSA) is 92.5 Å². The van der Waals surface area contributed by atoms with Gasteiger partial charge < -0.3 is 4.52 Å². The molecule has 9 heteroatoms. The number of thiophene rings is 1. The fourth-order valence-corrected chi connectivity index (χ4v) is 4.74. The van der Waals surface area contributed by atoms with E-state index in [1.165, 1.54) is 18.7 Å². The van der Waals surface area contributed by atoms with Gasteiger partial charge in [-0.05, 0) is 23.4 Å². The Kier molecular flexibility index (Phi) is 5.73. The van der Waals surface area contributed by atoms with Gasteiger partial charge >= 0.3 is 0 Å². The van der Waals surface area contributed by atoms with Gasteiger partial charge in [-0.1, -0.05) is 42.4 Å². The first kappa shape index (κ1) is 19.3. The third-order valence-electron chi connectivity index (χ3n) is 3.96. The number of nitrogens with zero attached hydrogens (tertiary/aromatic N) is 2. The molecule has 3 rings (SSSR count). The van der Waals surface area contributed by atoms with E-state index < -0.39 is 15.9 Å². The van der Waals surface area contributed by atoms with Gasteiger partial charge in [0, 0.05) is 18.7 Å². The lowest BCUT2D eigenvalue weighted by atomic mass is 10.1. The van der Waals surface area contributed by atoms with E-state index in [4.69, 9.17) is 4.52 Å². The van der Waals surface area contributed by atoms with E-state index in [2.05, 4.69) is 17.4 Å². The zero-order valence-electron chi connectivity index (χ0n) is 14.9. The smallest absolute Gasteiger partial charge is 0.252 e. The summed E-state index contributed by atoms with van der Waals surface area (Å²) < 4.78 is 31.0. The first-order chi connectivity index (χ1) is 12.9. The number of sulfonamides is 1. The van der Waals surface area contributed by atoms with Crippen LogP contribution in [0.1, 0.15) is 12.5 Å². The Morgan fingerprint density at radius 2 is 2.00 bits per heavy atom. The summed E-state index contributed by atoms with van der Waals surface area (Å²) in [5.74, 6) is -0.349. The monoisotopic (exact) mass is 405 g/mol. The molecule has 0 aliphatic heterocycles. The third kappa shape index (κ3) is 4.44. The Bertz CT molecular complexity index is 1010. The second kappa shape index (κ2) is 8.03. The number of benzene rings is 1. The van der Waals surface area contributed by atoms with Crippen LogP contribution in [0.15, 0.2) is 56.6 Å². The van der Waals surface area contributed by atoms with Crippen molar-refractivity contribution in [3.63, 3.8) is 0 Å². The predicted octanol–water partition coefficient (Wildman–Crippen LogP) is 3.22. The van der Waals surface area contributed by atoms with Crippen molar-refractivity contribution in [1.82, 2.24) is 9.46 Å². The summed E-state index contributed by atoms with van der Waals surface area (Å²) in [6, 6.07) is 12.6. The number of aromatic nitrogens is 1. The van der Waals surface area contributed by atoms with E-state index in [-0.39, 0.29) is 16.6 Å². The third-order valence-corrected chi connectivity index (χ3v) is 7.13. The lowest BCUT2D eigenvalue weighted by Crippen LogP contribution is -2.34. The Balaban J connectivity index is 1.64. The van der Waals surface area contributed by atoms with Crippen LogP contribution < -0.4 is 5.32 Å². The Morgan fingerprint density at radius 3 is 2.63 bits per heavy atom. The highest BCUT2D eigenvalue weighted by atomic mass is 32.2. The maximum absolute atomic E-state index is 12.3. The molecule has 1 amide bonds. The molecule has 0 radical (unpaired) electrons. The first-order valence-corrected chi connectivity index (χ1v) is 10.6. The van der Waals surface area contributed by atoms with Gasteiger partial charge in [0.1, 0.15) is 9.90 Å². The van der Waals surface area contributed by atoms with E-state index in [0.717, 1.165) is 27.6 Å². The van der Waals surface area contributed by atoms with Crippen LogP contribution in [0.4, 0.5) is 5.88 Å². The number of aryl methyl sites for hydroxylation is 1. The van der Waals surface area contributed by atoms with Crippen LogP contribution in [-0.4, -0.2) is 37.4 Å². The molecule has 3 aromatic rings. The maximum Gasteiger partial charge on any atom is 0.252 e. The molecule has 0 unspecified atom stereocenters. The summed E-state index contributed by atoms with van der Waals surface area (Å²) in [6.45, 7) is 1.75. The number of nitrogens with one attached hydrogen (secondary N) is 1. The molecule has 1 N–H and O–H groups in total. The molecule has 0 atom stereocenters. The molecular formula is C18H19N3O4S2. The van der Waals surface area contributed by atoms with E-state index in [1.54, 1.807) is 17.5 Å².